The number of fused-ring (bicyclic) bond motifs is 2. The molecule has 3 fully saturated rings. The number of nitriles is 1. The summed E-state index contributed by atoms with van der Waals surface area (Å²) in [5, 5.41) is 25.3. The smallest absolute Gasteiger partial charge is 0.309 e. The minimum Gasteiger partial charge on any atom is -0.496 e. The van der Waals surface area contributed by atoms with E-state index in [9.17, 15) is 24.8 Å². The van der Waals surface area contributed by atoms with Crippen LogP contribution < -0.4 is 20.1 Å². The highest BCUT2D eigenvalue weighted by atomic mass is 16.5. The van der Waals surface area contributed by atoms with E-state index in [-0.39, 0.29) is 64.3 Å². The molecule has 0 saturated heterocycles. The summed E-state index contributed by atoms with van der Waals surface area (Å²) in [6.07, 6.45) is 5.57. The van der Waals surface area contributed by atoms with Crippen molar-refractivity contribution in [1.29, 1.82) is 5.26 Å². The minimum absolute atomic E-state index is 0.000764. The van der Waals surface area contributed by atoms with Gasteiger partial charge in [-0.3, -0.25) is 14.4 Å². The van der Waals surface area contributed by atoms with Crippen LogP contribution in [0, 0.1) is 34.5 Å². The van der Waals surface area contributed by atoms with E-state index in [0.717, 1.165) is 25.7 Å². The number of carbonyl (C=O) groups is 3. The first-order chi connectivity index (χ1) is 17.7. The largest absolute Gasteiger partial charge is 0.496 e. The fourth-order valence-corrected chi connectivity index (χ4v) is 6.30. The van der Waals surface area contributed by atoms with Gasteiger partial charge in [0.1, 0.15) is 17.6 Å². The number of ether oxygens (including phenoxy) is 2. The van der Waals surface area contributed by atoms with E-state index in [0.29, 0.717) is 32.2 Å². The normalized spacial score (nSPS) is 30.3. The number of carboxylic acid groups (broad SMARTS) is 1. The average molecular weight is 512 g/mol. The number of benzene rings is 1. The lowest BCUT2D eigenvalue weighted by molar-refractivity contribution is -0.150. The summed E-state index contributed by atoms with van der Waals surface area (Å²) in [5.41, 5.74) is -0.279. The van der Waals surface area contributed by atoms with Crippen LogP contribution >= 0.6 is 0 Å². The zero-order valence-corrected chi connectivity index (χ0v) is 21.8. The summed E-state index contributed by atoms with van der Waals surface area (Å²) in [4.78, 5) is 38.0. The molecule has 3 aliphatic carbocycles. The van der Waals surface area contributed by atoms with Crippen LogP contribution in [0.2, 0.25) is 0 Å². The molecule has 3 saturated carbocycles. The van der Waals surface area contributed by atoms with Crippen molar-refractivity contribution in [2.24, 2.45) is 23.2 Å². The fraction of sp³-hybridized carbons (Fsp3) is 0.643. The summed E-state index contributed by atoms with van der Waals surface area (Å²) in [7, 11) is 1.44. The zero-order chi connectivity index (χ0) is 26.7. The Kier molecular flexibility index (Phi) is 7.96. The van der Waals surface area contributed by atoms with Crippen LogP contribution in [-0.2, 0) is 9.59 Å². The van der Waals surface area contributed by atoms with Gasteiger partial charge in [0, 0.05) is 18.7 Å². The quantitative estimate of drug-likeness (QED) is 0.460. The number of nitrogens with one attached hydrogen (secondary N) is 2. The van der Waals surface area contributed by atoms with Gasteiger partial charge in [-0.15, -0.1) is 0 Å². The monoisotopic (exact) mass is 511 g/mol. The first-order valence-corrected chi connectivity index (χ1v) is 13.3. The number of hydrogen-bond acceptors (Lipinski definition) is 6. The van der Waals surface area contributed by atoms with E-state index in [2.05, 4.69) is 16.7 Å². The maximum absolute atomic E-state index is 13.5. The molecule has 4 unspecified atom stereocenters. The molecule has 4 atom stereocenters. The Hall–Kier alpha value is -3.28. The molecule has 0 spiro atoms. The van der Waals surface area contributed by atoms with Crippen molar-refractivity contribution in [3.8, 4) is 17.6 Å². The standard InChI is InChI=1S/C28H37N3O6/c1-4-11-30-26(33)23-16-5-6-17(12-16)24(23)31-25(32)20-14-21(18(15-29)13-22(20)36-3)37-19-7-9-28(2,10-8-19)27(34)35/h13-14,16-17,19,23-24H,4-12H2,1-3H3,(H,30,33)(H,31,32)(H,34,35). The van der Waals surface area contributed by atoms with E-state index in [1.165, 1.54) is 19.2 Å². The lowest BCUT2D eigenvalue weighted by atomic mass is 9.75. The van der Waals surface area contributed by atoms with Crippen molar-refractivity contribution >= 4 is 17.8 Å². The van der Waals surface area contributed by atoms with Crippen molar-refractivity contribution in [3.63, 3.8) is 0 Å². The summed E-state index contributed by atoms with van der Waals surface area (Å²) >= 11 is 0. The van der Waals surface area contributed by atoms with E-state index in [1.807, 2.05) is 6.92 Å². The molecular weight excluding hydrogens is 474 g/mol. The number of amides is 2. The Bertz CT molecular complexity index is 1090. The minimum atomic E-state index is -0.811. The van der Waals surface area contributed by atoms with E-state index in [4.69, 9.17) is 9.47 Å². The van der Waals surface area contributed by atoms with Gasteiger partial charge in [0.2, 0.25) is 5.91 Å². The molecule has 0 aliphatic heterocycles. The second-order valence-electron chi connectivity index (χ2n) is 11.0. The Morgan fingerprint density at radius 1 is 1.14 bits per heavy atom. The van der Waals surface area contributed by atoms with Crippen molar-refractivity contribution in [2.75, 3.05) is 13.7 Å². The molecular formula is C28H37N3O6. The van der Waals surface area contributed by atoms with E-state index >= 15 is 0 Å². The molecule has 2 bridgehead atoms. The first kappa shape index (κ1) is 26.8. The zero-order valence-electron chi connectivity index (χ0n) is 21.8. The topological polar surface area (TPSA) is 138 Å². The van der Waals surface area contributed by atoms with Crippen LogP contribution in [0.4, 0.5) is 0 Å². The third-order valence-corrected chi connectivity index (χ3v) is 8.58. The predicted molar refractivity (Wildman–Crippen MR) is 135 cm³/mol. The van der Waals surface area contributed by atoms with E-state index in [1.54, 1.807) is 6.92 Å². The van der Waals surface area contributed by atoms with Crippen LogP contribution in [0.3, 0.4) is 0 Å². The number of hydrogen-bond donors (Lipinski definition) is 3. The highest BCUT2D eigenvalue weighted by Gasteiger charge is 2.51. The number of aliphatic carboxylic acids is 1. The van der Waals surface area contributed by atoms with Crippen LogP contribution in [0.1, 0.15) is 81.1 Å². The maximum atomic E-state index is 13.5. The summed E-state index contributed by atoms with van der Waals surface area (Å²) in [6.45, 7) is 4.37. The molecule has 9 heteroatoms. The van der Waals surface area contributed by atoms with Gasteiger partial charge in [0.15, 0.2) is 0 Å². The summed E-state index contributed by atoms with van der Waals surface area (Å²) in [6, 6.07) is 4.90. The molecule has 3 N–H and O–H groups in total. The van der Waals surface area contributed by atoms with Gasteiger partial charge in [-0.1, -0.05) is 6.92 Å². The van der Waals surface area contributed by atoms with Gasteiger partial charge in [-0.2, -0.15) is 5.26 Å². The molecule has 2 amide bonds. The van der Waals surface area contributed by atoms with Gasteiger partial charge in [-0.05, 0) is 76.2 Å². The number of carboxylic acids is 1. The molecule has 3 aliphatic rings. The number of rotatable bonds is 9. The molecule has 0 aromatic heterocycles. The number of nitrogens with zero attached hydrogens (tertiary/aromatic N) is 1. The Labute approximate surface area is 217 Å². The van der Waals surface area contributed by atoms with Gasteiger partial charge in [0.05, 0.1) is 35.7 Å². The van der Waals surface area contributed by atoms with Gasteiger partial charge < -0.3 is 25.2 Å². The van der Waals surface area contributed by atoms with Crippen molar-refractivity contribution < 1.29 is 29.0 Å². The van der Waals surface area contributed by atoms with E-state index < -0.39 is 11.4 Å². The van der Waals surface area contributed by atoms with Crippen LogP contribution in [0.25, 0.3) is 0 Å². The number of carbonyl (C=O) groups excluding carboxylic acids is 2. The molecule has 9 nitrogen and oxygen atoms in total. The van der Waals surface area contributed by atoms with Crippen LogP contribution in [-0.4, -0.2) is 48.7 Å². The Morgan fingerprint density at radius 3 is 2.46 bits per heavy atom. The molecule has 4 rings (SSSR count). The molecule has 1 aromatic rings. The second-order valence-corrected chi connectivity index (χ2v) is 11.0. The average Bonchev–Trinajstić information content (AvgIpc) is 3.50. The van der Waals surface area contributed by atoms with Crippen molar-refractivity contribution in [2.45, 2.75) is 77.4 Å². The summed E-state index contributed by atoms with van der Waals surface area (Å²) in [5.74, 6) is -0.343. The summed E-state index contributed by atoms with van der Waals surface area (Å²) < 4.78 is 11.6. The molecule has 0 radical (unpaired) electrons. The lowest BCUT2D eigenvalue weighted by Crippen LogP contribution is -2.50. The Morgan fingerprint density at radius 2 is 1.84 bits per heavy atom. The number of methoxy groups -OCH3 is 1. The highest BCUT2D eigenvalue weighted by Crippen LogP contribution is 2.49. The first-order valence-electron chi connectivity index (χ1n) is 13.3. The molecule has 1 aromatic carbocycles. The third kappa shape index (κ3) is 5.39. The third-order valence-electron chi connectivity index (χ3n) is 8.58. The van der Waals surface area contributed by atoms with Gasteiger partial charge in [-0.25, -0.2) is 0 Å². The van der Waals surface area contributed by atoms with Crippen molar-refractivity contribution in [3.05, 3.63) is 23.3 Å². The van der Waals surface area contributed by atoms with Crippen molar-refractivity contribution in [1.82, 2.24) is 10.6 Å². The van der Waals surface area contributed by atoms with Gasteiger partial charge >= 0.3 is 5.97 Å². The Balaban J connectivity index is 1.53. The van der Waals surface area contributed by atoms with Crippen LogP contribution in [0.5, 0.6) is 11.5 Å². The molecule has 37 heavy (non-hydrogen) atoms. The van der Waals surface area contributed by atoms with Gasteiger partial charge in [0.25, 0.3) is 5.91 Å². The second kappa shape index (κ2) is 11.0. The SMILES string of the molecule is CCCNC(=O)C1C2CCC(C2)C1NC(=O)c1cc(OC2CCC(C)(C(=O)O)CC2)c(C#N)cc1OC. The predicted octanol–water partition coefficient (Wildman–Crippen LogP) is 3.65. The maximum Gasteiger partial charge on any atom is 0.309 e. The van der Waals surface area contributed by atoms with Crippen LogP contribution in [0.15, 0.2) is 12.1 Å². The molecule has 200 valence electrons. The molecule has 0 heterocycles. The lowest BCUT2D eigenvalue weighted by Gasteiger charge is -2.34. The highest BCUT2D eigenvalue weighted by molar-refractivity contribution is 5.98. The fourth-order valence-electron chi connectivity index (χ4n) is 6.30.